The normalized spacial score (nSPS) is 24.7. The largest absolute Gasteiger partial charge is 0.378 e. The Morgan fingerprint density at radius 3 is 2.36 bits per heavy atom. The molecule has 2 aromatic carbocycles. The molecule has 1 amide bonds. The average molecular weight is 452 g/mol. The molecule has 2 aliphatic heterocycles. The molecule has 0 spiro atoms. The summed E-state index contributed by atoms with van der Waals surface area (Å²) in [6.45, 7) is 9.95. The van der Waals surface area contributed by atoms with Gasteiger partial charge in [0.05, 0.1) is 18.9 Å². The van der Waals surface area contributed by atoms with Crippen LogP contribution in [0.1, 0.15) is 25.0 Å². The number of rotatable bonds is 7. The van der Waals surface area contributed by atoms with Crippen LogP contribution in [0.5, 0.6) is 0 Å². The van der Waals surface area contributed by atoms with E-state index in [0.29, 0.717) is 55.4 Å². The Morgan fingerprint density at radius 2 is 1.73 bits per heavy atom. The molecule has 3 aliphatic rings. The van der Waals surface area contributed by atoms with E-state index in [-0.39, 0.29) is 17.6 Å². The summed E-state index contributed by atoms with van der Waals surface area (Å²) in [5.41, 5.74) is 3.84. The minimum Gasteiger partial charge on any atom is -0.378 e. The molecule has 3 fully saturated rings. The van der Waals surface area contributed by atoms with E-state index in [4.69, 9.17) is 4.74 Å². The third-order valence-corrected chi connectivity index (χ3v) is 7.21. The van der Waals surface area contributed by atoms with Crippen LogP contribution in [0.25, 0.3) is 0 Å². The van der Waals surface area contributed by atoms with E-state index < -0.39 is 0 Å². The SMILES string of the molecule is CC(C)Cc1ccc(CN2CC3C(C2)C3C(=O)Nc2ccc(N3CCOCC3)c(F)c2)cc1. The number of amides is 1. The third-order valence-electron chi connectivity index (χ3n) is 7.21. The number of hydrogen-bond donors (Lipinski definition) is 1. The highest BCUT2D eigenvalue weighted by atomic mass is 19.1. The van der Waals surface area contributed by atoms with Gasteiger partial charge in [-0.2, -0.15) is 0 Å². The van der Waals surface area contributed by atoms with Crippen LogP contribution in [-0.4, -0.2) is 50.2 Å². The second-order valence-electron chi connectivity index (χ2n) is 10.2. The summed E-state index contributed by atoms with van der Waals surface area (Å²) >= 11 is 0. The number of carbonyl (C=O) groups excluding carboxylic acids is 1. The molecule has 2 aromatic rings. The molecule has 6 heteroatoms. The number of carbonyl (C=O) groups is 1. The maximum atomic E-state index is 14.6. The molecule has 1 saturated carbocycles. The summed E-state index contributed by atoms with van der Waals surface area (Å²) < 4.78 is 20.0. The first-order chi connectivity index (χ1) is 16.0. The number of nitrogens with zero attached hydrogens (tertiary/aromatic N) is 2. The van der Waals surface area contributed by atoms with Crippen LogP contribution in [-0.2, 0) is 22.5 Å². The van der Waals surface area contributed by atoms with E-state index >= 15 is 0 Å². The quantitative estimate of drug-likeness (QED) is 0.686. The van der Waals surface area contributed by atoms with Gasteiger partial charge < -0.3 is 15.0 Å². The standard InChI is InChI=1S/C27H34FN3O2/c1-18(2)13-19-3-5-20(6-4-19)15-30-16-22-23(17-30)26(22)27(32)29-21-7-8-25(24(28)14-21)31-9-11-33-12-10-31/h3-8,14,18,22-23,26H,9-13,15-17H2,1-2H3,(H,29,32). The number of piperidine rings is 1. The lowest BCUT2D eigenvalue weighted by Crippen LogP contribution is -2.36. The van der Waals surface area contributed by atoms with Crippen molar-refractivity contribution in [3.63, 3.8) is 0 Å². The molecule has 5 rings (SSSR count). The van der Waals surface area contributed by atoms with Crippen molar-refractivity contribution in [1.82, 2.24) is 4.90 Å². The van der Waals surface area contributed by atoms with Crippen molar-refractivity contribution in [1.29, 1.82) is 0 Å². The highest BCUT2D eigenvalue weighted by Crippen LogP contribution is 2.52. The molecular formula is C27H34FN3O2. The van der Waals surface area contributed by atoms with Gasteiger partial charge in [-0.25, -0.2) is 4.39 Å². The molecule has 2 unspecified atom stereocenters. The van der Waals surface area contributed by atoms with Gasteiger partial charge in [0.15, 0.2) is 0 Å². The Kier molecular flexibility index (Phi) is 6.39. The topological polar surface area (TPSA) is 44.8 Å². The van der Waals surface area contributed by atoms with Crippen molar-refractivity contribution in [2.45, 2.75) is 26.8 Å². The molecular weight excluding hydrogens is 417 g/mol. The second kappa shape index (κ2) is 9.43. The lowest BCUT2D eigenvalue weighted by Gasteiger charge is -2.29. The molecule has 5 nitrogen and oxygen atoms in total. The molecule has 33 heavy (non-hydrogen) atoms. The van der Waals surface area contributed by atoms with Crippen LogP contribution in [0.2, 0.25) is 0 Å². The van der Waals surface area contributed by atoms with E-state index in [1.807, 2.05) is 4.90 Å². The lowest BCUT2D eigenvalue weighted by atomic mass is 10.0. The van der Waals surface area contributed by atoms with Crippen LogP contribution in [0, 0.1) is 29.5 Å². The van der Waals surface area contributed by atoms with Crippen LogP contribution >= 0.6 is 0 Å². The van der Waals surface area contributed by atoms with Gasteiger partial charge in [-0.05, 0) is 53.5 Å². The maximum absolute atomic E-state index is 14.6. The number of benzene rings is 2. The Labute approximate surface area is 195 Å². The van der Waals surface area contributed by atoms with Crippen molar-refractivity contribution >= 4 is 17.3 Å². The fourth-order valence-electron chi connectivity index (χ4n) is 5.51. The Hall–Kier alpha value is -2.44. The van der Waals surface area contributed by atoms with Gasteiger partial charge >= 0.3 is 0 Å². The minimum absolute atomic E-state index is 0.0289. The molecule has 176 valence electrons. The number of likely N-dealkylation sites (tertiary alicyclic amines) is 1. The van der Waals surface area contributed by atoms with E-state index in [1.54, 1.807) is 12.1 Å². The zero-order chi connectivity index (χ0) is 22.9. The zero-order valence-corrected chi connectivity index (χ0v) is 19.6. The van der Waals surface area contributed by atoms with Gasteiger partial charge in [0.2, 0.25) is 5.91 Å². The van der Waals surface area contributed by atoms with Crippen LogP contribution < -0.4 is 10.2 Å². The number of hydrogen-bond acceptors (Lipinski definition) is 4. The first-order valence-corrected chi connectivity index (χ1v) is 12.2. The molecule has 0 aromatic heterocycles. The second-order valence-corrected chi connectivity index (χ2v) is 10.2. The predicted octanol–water partition coefficient (Wildman–Crippen LogP) is 4.18. The first-order valence-electron chi connectivity index (χ1n) is 12.2. The minimum atomic E-state index is -0.295. The maximum Gasteiger partial charge on any atom is 0.228 e. The van der Waals surface area contributed by atoms with Crippen LogP contribution in [0.4, 0.5) is 15.8 Å². The third kappa shape index (κ3) is 5.07. The van der Waals surface area contributed by atoms with Gasteiger partial charge in [-0.1, -0.05) is 38.1 Å². The van der Waals surface area contributed by atoms with Crippen molar-refractivity contribution in [3.8, 4) is 0 Å². The van der Waals surface area contributed by atoms with Crippen molar-refractivity contribution in [3.05, 3.63) is 59.4 Å². The Bertz CT molecular complexity index is 975. The number of halogens is 1. The molecule has 2 saturated heterocycles. The van der Waals surface area contributed by atoms with Crippen LogP contribution in [0.15, 0.2) is 42.5 Å². The van der Waals surface area contributed by atoms with Crippen molar-refractivity contribution < 1.29 is 13.9 Å². The van der Waals surface area contributed by atoms with E-state index in [1.165, 1.54) is 17.2 Å². The van der Waals surface area contributed by atoms with Gasteiger partial charge in [0.1, 0.15) is 5.82 Å². The molecule has 2 heterocycles. The van der Waals surface area contributed by atoms with Crippen LogP contribution in [0.3, 0.4) is 0 Å². The molecule has 1 N–H and O–H groups in total. The highest BCUT2D eigenvalue weighted by molar-refractivity contribution is 5.95. The Balaban J connectivity index is 1.11. The highest BCUT2D eigenvalue weighted by Gasteiger charge is 2.59. The molecule has 2 atom stereocenters. The number of morpholine rings is 1. The smallest absolute Gasteiger partial charge is 0.228 e. The molecule has 0 bridgehead atoms. The number of nitrogens with one attached hydrogen (secondary N) is 1. The van der Waals surface area contributed by atoms with Gasteiger partial charge in [0, 0.05) is 44.3 Å². The number of anilines is 2. The summed E-state index contributed by atoms with van der Waals surface area (Å²) in [5.74, 6) is 1.29. The summed E-state index contributed by atoms with van der Waals surface area (Å²) in [4.78, 5) is 17.2. The number of fused-ring (bicyclic) bond motifs is 1. The fraction of sp³-hybridized carbons (Fsp3) is 0.519. The Morgan fingerprint density at radius 1 is 1.06 bits per heavy atom. The van der Waals surface area contributed by atoms with E-state index in [9.17, 15) is 9.18 Å². The summed E-state index contributed by atoms with van der Waals surface area (Å²) in [6.07, 6.45) is 1.12. The monoisotopic (exact) mass is 451 g/mol. The van der Waals surface area contributed by atoms with Gasteiger partial charge in [-0.15, -0.1) is 0 Å². The first kappa shape index (κ1) is 22.4. The van der Waals surface area contributed by atoms with E-state index in [0.717, 1.165) is 26.1 Å². The fourth-order valence-corrected chi connectivity index (χ4v) is 5.51. The summed E-state index contributed by atoms with van der Waals surface area (Å²) in [5, 5.41) is 2.95. The lowest BCUT2D eigenvalue weighted by molar-refractivity contribution is -0.118. The van der Waals surface area contributed by atoms with E-state index in [2.05, 4.69) is 48.3 Å². The molecule has 1 aliphatic carbocycles. The van der Waals surface area contributed by atoms with Crippen molar-refractivity contribution in [2.75, 3.05) is 49.6 Å². The molecule has 0 radical (unpaired) electrons. The van der Waals surface area contributed by atoms with Gasteiger partial charge in [-0.3, -0.25) is 9.69 Å². The van der Waals surface area contributed by atoms with Gasteiger partial charge in [0.25, 0.3) is 0 Å². The predicted molar refractivity (Wildman–Crippen MR) is 129 cm³/mol. The number of ether oxygens (including phenoxy) is 1. The summed E-state index contributed by atoms with van der Waals surface area (Å²) in [7, 11) is 0. The van der Waals surface area contributed by atoms with Crippen molar-refractivity contribution in [2.24, 2.45) is 23.7 Å². The zero-order valence-electron chi connectivity index (χ0n) is 19.6. The average Bonchev–Trinajstić information content (AvgIpc) is 3.31. The summed E-state index contributed by atoms with van der Waals surface area (Å²) in [6, 6.07) is 14.0.